The summed E-state index contributed by atoms with van der Waals surface area (Å²) in [6.07, 6.45) is 0. The van der Waals surface area contributed by atoms with E-state index in [1.807, 2.05) is 49.4 Å². The van der Waals surface area contributed by atoms with Gasteiger partial charge in [-0.2, -0.15) is 0 Å². The lowest BCUT2D eigenvalue weighted by Crippen LogP contribution is -2.37. The number of ether oxygens (including phenoxy) is 4. The average molecular weight is 391 g/mol. The van der Waals surface area contributed by atoms with Crippen molar-refractivity contribution in [2.24, 2.45) is 0 Å². The van der Waals surface area contributed by atoms with Gasteiger partial charge in [0, 0.05) is 4.90 Å². The van der Waals surface area contributed by atoms with Crippen molar-refractivity contribution in [2.45, 2.75) is 17.9 Å². The summed E-state index contributed by atoms with van der Waals surface area (Å²) >= 11 is 1.44. The van der Waals surface area contributed by atoms with Gasteiger partial charge in [-0.1, -0.05) is 0 Å². The molecule has 0 aliphatic rings. The number of amides is 1. The largest absolute Gasteiger partial charge is 0.497 e. The molecule has 0 aromatic heterocycles. The van der Waals surface area contributed by atoms with Gasteiger partial charge in [0.1, 0.15) is 18.1 Å². The van der Waals surface area contributed by atoms with E-state index in [9.17, 15) is 4.79 Å². The first-order valence-electron chi connectivity index (χ1n) is 8.46. The zero-order valence-corrected chi connectivity index (χ0v) is 16.8. The Morgan fingerprint density at radius 1 is 0.963 bits per heavy atom. The third kappa shape index (κ3) is 6.60. The summed E-state index contributed by atoms with van der Waals surface area (Å²) in [4.78, 5) is 13.1. The van der Waals surface area contributed by atoms with Crippen molar-refractivity contribution in [3.8, 4) is 23.0 Å². The predicted molar refractivity (Wildman–Crippen MR) is 106 cm³/mol. The SMILES string of the molecule is COc1ccc(OC[C@@H](C)NC(=O)CSc2ccc(OC)c(OC)c2)cc1. The number of hydrogen-bond acceptors (Lipinski definition) is 6. The molecule has 27 heavy (non-hydrogen) atoms. The number of rotatable bonds is 10. The Kier molecular flexibility index (Phi) is 8.13. The van der Waals surface area contributed by atoms with Crippen molar-refractivity contribution in [3.63, 3.8) is 0 Å². The molecule has 6 nitrogen and oxygen atoms in total. The second-order valence-corrected chi connectivity index (χ2v) is 6.81. The lowest BCUT2D eigenvalue weighted by Gasteiger charge is -2.15. The Labute approximate surface area is 164 Å². The highest BCUT2D eigenvalue weighted by Crippen LogP contribution is 2.31. The van der Waals surface area contributed by atoms with Crippen LogP contribution in [0.4, 0.5) is 0 Å². The molecule has 0 aliphatic carbocycles. The molecule has 2 aromatic carbocycles. The van der Waals surface area contributed by atoms with E-state index in [-0.39, 0.29) is 11.9 Å². The third-order valence-electron chi connectivity index (χ3n) is 3.69. The Morgan fingerprint density at radius 2 is 1.63 bits per heavy atom. The van der Waals surface area contributed by atoms with Crippen LogP contribution in [0.5, 0.6) is 23.0 Å². The Bertz CT molecular complexity index is 736. The van der Waals surface area contributed by atoms with Crippen molar-refractivity contribution >= 4 is 17.7 Å². The number of thioether (sulfide) groups is 1. The molecule has 0 heterocycles. The van der Waals surface area contributed by atoms with E-state index in [0.29, 0.717) is 23.9 Å². The molecule has 0 fully saturated rings. The predicted octanol–water partition coefficient (Wildman–Crippen LogP) is 3.39. The average Bonchev–Trinajstić information content (AvgIpc) is 2.70. The Balaban J connectivity index is 1.75. The number of nitrogens with one attached hydrogen (secondary N) is 1. The minimum Gasteiger partial charge on any atom is -0.497 e. The van der Waals surface area contributed by atoms with Crippen molar-refractivity contribution in [2.75, 3.05) is 33.7 Å². The minimum absolute atomic E-state index is 0.0550. The molecule has 0 unspecified atom stereocenters. The van der Waals surface area contributed by atoms with Gasteiger partial charge in [0.15, 0.2) is 11.5 Å². The summed E-state index contributed by atoms with van der Waals surface area (Å²) in [6, 6.07) is 12.8. The number of carbonyl (C=O) groups excluding carboxylic acids is 1. The van der Waals surface area contributed by atoms with E-state index in [1.54, 1.807) is 21.3 Å². The maximum absolute atomic E-state index is 12.1. The number of hydrogen-bond donors (Lipinski definition) is 1. The third-order valence-corrected chi connectivity index (χ3v) is 4.69. The van der Waals surface area contributed by atoms with Gasteiger partial charge >= 0.3 is 0 Å². The molecule has 0 saturated carbocycles. The van der Waals surface area contributed by atoms with Crippen LogP contribution in [0.2, 0.25) is 0 Å². The van der Waals surface area contributed by atoms with Gasteiger partial charge in [-0.3, -0.25) is 4.79 Å². The second kappa shape index (κ2) is 10.6. The summed E-state index contributed by atoms with van der Waals surface area (Å²) in [5, 5.41) is 2.93. The molecule has 0 bridgehead atoms. The topological polar surface area (TPSA) is 66.0 Å². The minimum atomic E-state index is -0.106. The van der Waals surface area contributed by atoms with Crippen LogP contribution in [0.1, 0.15) is 6.92 Å². The first-order chi connectivity index (χ1) is 13.0. The van der Waals surface area contributed by atoms with Crippen LogP contribution in [0, 0.1) is 0 Å². The summed E-state index contributed by atoms with van der Waals surface area (Å²) in [6.45, 7) is 2.29. The van der Waals surface area contributed by atoms with E-state index >= 15 is 0 Å². The van der Waals surface area contributed by atoms with Crippen LogP contribution in [0.25, 0.3) is 0 Å². The van der Waals surface area contributed by atoms with Crippen LogP contribution in [0.3, 0.4) is 0 Å². The normalized spacial score (nSPS) is 11.4. The van der Waals surface area contributed by atoms with Crippen LogP contribution in [-0.2, 0) is 4.79 Å². The van der Waals surface area contributed by atoms with Crippen molar-refractivity contribution in [1.29, 1.82) is 0 Å². The zero-order chi connectivity index (χ0) is 19.6. The summed E-state index contributed by atoms with van der Waals surface area (Å²) in [5.74, 6) is 3.07. The lowest BCUT2D eigenvalue weighted by molar-refractivity contribution is -0.119. The summed E-state index contributed by atoms with van der Waals surface area (Å²) in [7, 11) is 4.80. The number of methoxy groups -OCH3 is 3. The Hall–Kier alpha value is -2.54. The van der Waals surface area contributed by atoms with Crippen molar-refractivity contribution < 1.29 is 23.7 Å². The van der Waals surface area contributed by atoms with Gasteiger partial charge in [0.05, 0.1) is 33.1 Å². The zero-order valence-electron chi connectivity index (χ0n) is 16.0. The molecule has 1 amide bonds. The highest BCUT2D eigenvalue weighted by Gasteiger charge is 2.10. The van der Waals surface area contributed by atoms with Crippen molar-refractivity contribution in [1.82, 2.24) is 5.32 Å². The van der Waals surface area contributed by atoms with Crippen molar-refractivity contribution in [3.05, 3.63) is 42.5 Å². The van der Waals surface area contributed by atoms with Gasteiger partial charge in [0.2, 0.25) is 5.91 Å². The standard InChI is InChI=1S/C20H25NO5S/c1-14(12-26-16-7-5-15(23-2)6-8-16)21-20(22)13-27-17-9-10-18(24-3)19(11-17)25-4/h5-11,14H,12-13H2,1-4H3,(H,21,22)/t14-/m1/s1. The monoisotopic (exact) mass is 391 g/mol. The van der Waals surface area contributed by atoms with Gasteiger partial charge < -0.3 is 24.3 Å². The summed E-state index contributed by atoms with van der Waals surface area (Å²) < 4.78 is 21.3. The number of benzene rings is 2. The fourth-order valence-electron chi connectivity index (χ4n) is 2.31. The smallest absolute Gasteiger partial charge is 0.230 e. The van der Waals surface area contributed by atoms with Gasteiger partial charge in [-0.15, -0.1) is 11.8 Å². The van der Waals surface area contributed by atoms with Crippen LogP contribution >= 0.6 is 11.8 Å². The summed E-state index contributed by atoms with van der Waals surface area (Å²) in [5.41, 5.74) is 0. The van der Waals surface area contributed by atoms with Gasteiger partial charge in [-0.25, -0.2) is 0 Å². The molecule has 7 heteroatoms. The van der Waals surface area contributed by atoms with Crippen LogP contribution < -0.4 is 24.3 Å². The molecule has 2 rings (SSSR count). The lowest BCUT2D eigenvalue weighted by atomic mass is 10.3. The van der Waals surface area contributed by atoms with E-state index < -0.39 is 0 Å². The van der Waals surface area contributed by atoms with E-state index in [1.165, 1.54) is 11.8 Å². The van der Waals surface area contributed by atoms with Crippen LogP contribution in [0.15, 0.2) is 47.4 Å². The van der Waals surface area contributed by atoms with Gasteiger partial charge in [0.25, 0.3) is 0 Å². The molecule has 0 radical (unpaired) electrons. The van der Waals surface area contributed by atoms with E-state index in [0.717, 1.165) is 16.4 Å². The Morgan fingerprint density at radius 3 is 2.26 bits per heavy atom. The highest BCUT2D eigenvalue weighted by atomic mass is 32.2. The van der Waals surface area contributed by atoms with E-state index in [2.05, 4.69) is 5.32 Å². The molecular weight excluding hydrogens is 366 g/mol. The maximum Gasteiger partial charge on any atom is 0.230 e. The molecular formula is C20H25NO5S. The molecule has 0 saturated heterocycles. The van der Waals surface area contributed by atoms with E-state index in [4.69, 9.17) is 18.9 Å². The quantitative estimate of drug-likeness (QED) is 0.627. The first kappa shape index (κ1) is 20.8. The van der Waals surface area contributed by atoms with Gasteiger partial charge in [-0.05, 0) is 49.4 Å². The first-order valence-corrected chi connectivity index (χ1v) is 9.45. The molecule has 0 spiro atoms. The molecule has 0 aliphatic heterocycles. The second-order valence-electron chi connectivity index (χ2n) is 5.76. The molecule has 146 valence electrons. The number of carbonyl (C=O) groups is 1. The maximum atomic E-state index is 12.1. The molecule has 1 N–H and O–H groups in total. The fourth-order valence-corrected chi connectivity index (χ4v) is 3.04. The highest BCUT2D eigenvalue weighted by molar-refractivity contribution is 8.00. The van der Waals surface area contributed by atoms with Crippen LogP contribution in [-0.4, -0.2) is 45.6 Å². The fraction of sp³-hybridized carbons (Fsp3) is 0.350. The molecule has 2 aromatic rings. The molecule has 1 atom stereocenters.